The van der Waals surface area contributed by atoms with Crippen LogP contribution in [0.5, 0.6) is 0 Å². The van der Waals surface area contributed by atoms with E-state index in [1.54, 1.807) is 11.8 Å². The number of rotatable bonds is 3. The van der Waals surface area contributed by atoms with Crippen molar-refractivity contribution in [3.8, 4) is 0 Å². The van der Waals surface area contributed by atoms with Crippen molar-refractivity contribution in [3.05, 3.63) is 47.4 Å². The van der Waals surface area contributed by atoms with E-state index in [-0.39, 0.29) is 22.3 Å². The molecule has 0 bridgehead atoms. The van der Waals surface area contributed by atoms with Gasteiger partial charge in [0.25, 0.3) is 5.91 Å². The quantitative estimate of drug-likeness (QED) is 0.842. The molecule has 2 heterocycles. The van der Waals surface area contributed by atoms with Crippen LogP contribution in [0.4, 0.5) is 5.69 Å². The van der Waals surface area contributed by atoms with E-state index < -0.39 is 10.0 Å². The molecule has 0 radical (unpaired) electrons. The van der Waals surface area contributed by atoms with E-state index in [1.807, 2.05) is 24.3 Å². The van der Waals surface area contributed by atoms with Crippen LogP contribution in [0.3, 0.4) is 0 Å². The number of furan rings is 1. The summed E-state index contributed by atoms with van der Waals surface area (Å²) in [7, 11) is -0.753. The highest BCUT2D eigenvalue weighted by molar-refractivity contribution is 7.89. The van der Waals surface area contributed by atoms with Crippen LogP contribution in [0.25, 0.3) is 0 Å². The number of carbonyl (C=O) groups excluding carboxylic acids is 1. The molecule has 0 spiro atoms. The van der Waals surface area contributed by atoms with Crippen molar-refractivity contribution in [2.45, 2.75) is 25.2 Å². The minimum Gasteiger partial charge on any atom is -0.455 e. The van der Waals surface area contributed by atoms with Gasteiger partial charge in [0.2, 0.25) is 10.0 Å². The first-order valence-electron chi connectivity index (χ1n) is 8.14. The number of amides is 1. The third-order valence-electron chi connectivity index (χ3n) is 4.43. The van der Waals surface area contributed by atoms with Crippen molar-refractivity contribution < 1.29 is 17.6 Å². The molecule has 1 aromatic heterocycles. The van der Waals surface area contributed by atoms with Gasteiger partial charge in [0.05, 0.1) is 0 Å². The molecule has 0 aliphatic carbocycles. The Hall–Kier alpha value is -2.12. The average Bonchev–Trinajstić information content (AvgIpc) is 2.95. The molecule has 1 aliphatic rings. The van der Waals surface area contributed by atoms with Crippen LogP contribution in [-0.2, 0) is 16.4 Å². The molecule has 0 unspecified atom stereocenters. The number of benzene rings is 1. The van der Waals surface area contributed by atoms with Crippen molar-refractivity contribution in [2.24, 2.45) is 5.92 Å². The van der Waals surface area contributed by atoms with Gasteiger partial charge < -0.3 is 9.32 Å². The number of hydrogen-bond acceptors (Lipinski definition) is 4. The Morgan fingerprint density at radius 2 is 1.96 bits per heavy atom. The first-order chi connectivity index (χ1) is 11.7. The van der Waals surface area contributed by atoms with Gasteiger partial charge in [-0.15, -0.1) is 0 Å². The van der Waals surface area contributed by atoms with E-state index in [0.29, 0.717) is 12.5 Å². The number of nitrogens with zero attached hydrogens (tertiary/aromatic N) is 2. The average molecular weight is 362 g/mol. The zero-order valence-electron chi connectivity index (χ0n) is 14.8. The number of hydrogen-bond donors (Lipinski definition) is 0. The largest absolute Gasteiger partial charge is 0.455 e. The number of para-hydroxylation sites is 1. The van der Waals surface area contributed by atoms with Gasteiger partial charge in [-0.25, -0.2) is 12.7 Å². The zero-order valence-corrected chi connectivity index (χ0v) is 15.6. The van der Waals surface area contributed by atoms with Gasteiger partial charge in [-0.2, -0.15) is 0 Å². The standard InChI is InChI=1S/C18H22N2O4S/c1-12-9-14-7-5-6-8-15(14)20(11-12)18(21)16-10-17(13(2)24-16)25(22,23)19(3)4/h5-8,10,12H,9,11H2,1-4H3/t12-/m1/s1. The van der Waals surface area contributed by atoms with E-state index >= 15 is 0 Å². The van der Waals surface area contributed by atoms with Crippen molar-refractivity contribution in [1.82, 2.24) is 4.31 Å². The predicted octanol–water partition coefficient (Wildman–Crippen LogP) is 2.68. The van der Waals surface area contributed by atoms with Gasteiger partial charge in [-0.1, -0.05) is 25.1 Å². The molecule has 2 aromatic rings. The van der Waals surface area contributed by atoms with E-state index in [9.17, 15) is 13.2 Å². The number of anilines is 1. The molecule has 6 nitrogen and oxygen atoms in total. The van der Waals surface area contributed by atoms with Crippen molar-refractivity contribution in [2.75, 3.05) is 25.5 Å². The molecular formula is C18H22N2O4S. The Labute approximate surface area is 148 Å². The van der Waals surface area contributed by atoms with Crippen LogP contribution in [-0.4, -0.2) is 39.3 Å². The number of carbonyl (C=O) groups is 1. The van der Waals surface area contributed by atoms with Gasteiger partial charge in [-0.05, 0) is 30.9 Å². The van der Waals surface area contributed by atoms with Crippen LogP contribution in [0.2, 0.25) is 0 Å². The Kier molecular flexibility index (Phi) is 4.47. The fraction of sp³-hybridized carbons (Fsp3) is 0.389. The van der Waals surface area contributed by atoms with Crippen molar-refractivity contribution in [3.63, 3.8) is 0 Å². The molecule has 1 aromatic carbocycles. The minimum atomic E-state index is -3.65. The third-order valence-corrected chi connectivity index (χ3v) is 6.35. The summed E-state index contributed by atoms with van der Waals surface area (Å²) < 4.78 is 31.3. The molecule has 25 heavy (non-hydrogen) atoms. The maximum Gasteiger partial charge on any atom is 0.294 e. The second-order valence-electron chi connectivity index (χ2n) is 6.67. The molecule has 1 amide bonds. The van der Waals surface area contributed by atoms with Crippen molar-refractivity contribution >= 4 is 21.6 Å². The summed E-state index contributed by atoms with van der Waals surface area (Å²) in [6, 6.07) is 9.10. The summed E-state index contributed by atoms with van der Waals surface area (Å²) in [6.45, 7) is 4.22. The molecular weight excluding hydrogens is 340 g/mol. The summed E-state index contributed by atoms with van der Waals surface area (Å²) in [5, 5.41) is 0. The normalized spacial score (nSPS) is 17.6. The maximum atomic E-state index is 13.0. The lowest BCUT2D eigenvalue weighted by Gasteiger charge is -2.32. The molecule has 1 atom stereocenters. The van der Waals surface area contributed by atoms with Crippen LogP contribution < -0.4 is 4.90 Å². The van der Waals surface area contributed by atoms with E-state index in [0.717, 1.165) is 22.0 Å². The Bertz CT molecular complexity index is 915. The monoisotopic (exact) mass is 362 g/mol. The molecule has 3 rings (SSSR count). The van der Waals surface area contributed by atoms with E-state index in [1.165, 1.54) is 20.2 Å². The fourth-order valence-electron chi connectivity index (χ4n) is 3.15. The summed E-state index contributed by atoms with van der Waals surface area (Å²) in [5.41, 5.74) is 1.97. The molecule has 0 fully saturated rings. The highest BCUT2D eigenvalue weighted by Crippen LogP contribution is 2.32. The fourth-order valence-corrected chi connectivity index (χ4v) is 4.20. The predicted molar refractivity (Wildman–Crippen MR) is 95.3 cm³/mol. The topological polar surface area (TPSA) is 70.8 Å². The van der Waals surface area contributed by atoms with Gasteiger partial charge in [0.1, 0.15) is 10.7 Å². The van der Waals surface area contributed by atoms with Crippen LogP contribution in [0.1, 0.15) is 28.8 Å². The van der Waals surface area contributed by atoms with Gasteiger partial charge >= 0.3 is 0 Å². The molecule has 0 saturated heterocycles. The molecule has 0 N–H and O–H groups in total. The number of fused-ring (bicyclic) bond motifs is 1. The lowest BCUT2D eigenvalue weighted by molar-refractivity contribution is 0.0953. The molecule has 0 saturated carbocycles. The SMILES string of the molecule is Cc1oc(C(=O)N2C[C@H](C)Cc3ccccc32)cc1S(=O)(=O)N(C)C. The third kappa shape index (κ3) is 3.09. The lowest BCUT2D eigenvalue weighted by Crippen LogP contribution is -2.39. The smallest absolute Gasteiger partial charge is 0.294 e. The zero-order chi connectivity index (χ0) is 18.4. The summed E-state index contributed by atoms with van der Waals surface area (Å²) in [6.07, 6.45) is 0.914. The molecule has 1 aliphatic heterocycles. The Balaban J connectivity index is 2.01. The summed E-state index contributed by atoms with van der Waals surface area (Å²) in [4.78, 5) is 14.7. The lowest BCUT2D eigenvalue weighted by atomic mass is 9.94. The van der Waals surface area contributed by atoms with Gasteiger partial charge in [0, 0.05) is 32.4 Å². The Morgan fingerprint density at radius 3 is 2.64 bits per heavy atom. The van der Waals surface area contributed by atoms with E-state index in [2.05, 4.69) is 6.92 Å². The van der Waals surface area contributed by atoms with Crippen LogP contribution in [0, 0.1) is 12.8 Å². The second-order valence-corrected chi connectivity index (χ2v) is 8.79. The van der Waals surface area contributed by atoms with E-state index in [4.69, 9.17) is 4.42 Å². The highest BCUT2D eigenvalue weighted by atomic mass is 32.2. The van der Waals surface area contributed by atoms with Gasteiger partial charge in [-0.3, -0.25) is 4.79 Å². The van der Waals surface area contributed by atoms with Gasteiger partial charge in [0.15, 0.2) is 5.76 Å². The first kappa shape index (κ1) is 17.7. The van der Waals surface area contributed by atoms with Crippen LogP contribution in [0.15, 0.2) is 39.6 Å². The summed E-state index contributed by atoms with van der Waals surface area (Å²) in [5.74, 6) is 0.263. The molecule has 134 valence electrons. The number of aryl methyl sites for hydroxylation is 1. The van der Waals surface area contributed by atoms with Crippen molar-refractivity contribution in [1.29, 1.82) is 0 Å². The second kappa shape index (κ2) is 6.31. The highest BCUT2D eigenvalue weighted by Gasteiger charge is 2.31. The minimum absolute atomic E-state index is 0.0270. The first-order valence-corrected chi connectivity index (χ1v) is 9.58. The van der Waals surface area contributed by atoms with Crippen LogP contribution >= 0.6 is 0 Å². The number of sulfonamides is 1. The Morgan fingerprint density at radius 1 is 1.28 bits per heavy atom. The molecule has 7 heteroatoms. The summed E-state index contributed by atoms with van der Waals surface area (Å²) >= 11 is 0. The maximum absolute atomic E-state index is 13.0.